The first-order valence-corrected chi connectivity index (χ1v) is 20.3. The molecule has 0 bridgehead atoms. The van der Waals surface area contributed by atoms with E-state index in [-0.39, 0.29) is 23.5 Å². The molecule has 2 rings (SSSR count). The summed E-state index contributed by atoms with van der Waals surface area (Å²) in [7, 11) is 1.79. The summed E-state index contributed by atoms with van der Waals surface area (Å²) in [6.07, 6.45) is 20.5. The lowest BCUT2D eigenvalue weighted by atomic mass is 9.77. The molecule has 0 fully saturated rings. The fourth-order valence-corrected chi connectivity index (χ4v) is 7.69. The number of rotatable bonds is 24. The van der Waals surface area contributed by atoms with Gasteiger partial charge in [0.2, 0.25) is 0 Å². The van der Waals surface area contributed by atoms with E-state index in [9.17, 15) is 9.90 Å². The number of hydrogen-bond donors (Lipinski definition) is 1. The van der Waals surface area contributed by atoms with Crippen molar-refractivity contribution in [3.8, 4) is 11.5 Å². The van der Waals surface area contributed by atoms with Gasteiger partial charge < -0.3 is 9.84 Å². The number of hydrogen-bond acceptors (Lipinski definition) is 3. The van der Waals surface area contributed by atoms with Crippen LogP contribution in [0.25, 0.3) is 6.08 Å². The summed E-state index contributed by atoms with van der Waals surface area (Å²) >= 11 is 0. The Balaban J connectivity index is 2.86. The molecule has 0 aliphatic carbocycles. The first-order valence-electron chi connectivity index (χ1n) is 20.3. The first kappa shape index (κ1) is 42.6. The molecule has 0 amide bonds. The lowest BCUT2D eigenvalue weighted by Gasteiger charge is -2.28. The van der Waals surface area contributed by atoms with Gasteiger partial charge in [-0.2, -0.15) is 0 Å². The smallest absolute Gasteiger partial charge is 0.186 e. The Kier molecular flexibility index (Phi) is 19.4. The summed E-state index contributed by atoms with van der Waals surface area (Å²) in [5.74, 6) is 2.71. The van der Waals surface area contributed by atoms with Gasteiger partial charge in [0.15, 0.2) is 5.78 Å². The molecule has 0 radical (unpaired) electrons. The van der Waals surface area contributed by atoms with E-state index >= 15 is 0 Å². The predicted octanol–water partition coefficient (Wildman–Crippen LogP) is 14.8. The summed E-state index contributed by atoms with van der Waals surface area (Å²) in [5, 5.41) is 12.0. The first-order chi connectivity index (χ1) is 23.5. The number of allylic oxidation sites excluding steroid dienone is 1. The maximum atomic E-state index is 14.7. The molecule has 5 unspecified atom stereocenters. The highest BCUT2D eigenvalue weighted by Crippen LogP contribution is 2.45. The normalized spacial score (nSPS) is 14.9. The molecule has 2 aromatic rings. The number of phenolic OH excluding ortho intramolecular Hbond substituents is 1. The maximum absolute atomic E-state index is 14.7. The van der Waals surface area contributed by atoms with Gasteiger partial charge in [-0.05, 0) is 102 Å². The van der Waals surface area contributed by atoms with Crippen LogP contribution in [-0.2, 0) is 0 Å². The molecular formula is C46H74O3. The zero-order valence-corrected chi connectivity index (χ0v) is 33.6. The van der Waals surface area contributed by atoms with Crippen molar-refractivity contribution >= 4 is 11.9 Å². The van der Waals surface area contributed by atoms with Crippen LogP contribution in [-0.4, -0.2) is 18.0 Å². The second-order valence-corrected chi connectivity index (χ2v) is 15.3. The highest BCUT2D eigenvalue weighted by Gasteiger charge is 2.29. The second kappa shape index (κ2) is 22.3. The number of methoxy groups -OCH3 is 1. The van der Waals surface area contributed by atoms with Crippen molar-refractivity contribution in [2.45, 2.75) is 195 Å². The highest BCUT2D eigenvalue weighted by atomic mass is 16.5. The summed E-state index contributed by atoms with van der Waals surface area (Å²) in [6, 6.07) is 6.64. The van der Waals surface area contributed by atoms with Crippen LogP contribution < -0.4 is 4.74 Å². The van der Waals surface area contributed by atoms with Crippen LogP contribution in [0.4, 0.5) is 0 Å². The van der Waals surface area contributed by atoms with Crippen LogP contribution in [0.2, 0.25) is 0 Å². The van der Waals surface area contributed by atoms with Crippen molar-refractivity contribution in [1.29, 1.82) is 0 Å². The van der Waals surface area contributed by atoms with Gasteiger partial charge in [0, 0.05) is 16.7 Å². The number of benzene rings is 2. The summed E-state index contributed by atoms with van der Waals surface area (Å²) < 4.78 is 6.08. The molecule has 0 saturated heterocycles. The SMILES string of the molecule is CCCCC(C)c1cc(/C=C/C(=O)c2cc(C(C)CCCC)c(O)c(C(C)CCCC)c2C(C)CCCC)c(C(C)CCCC)c(OC)c1. The van der Waals surface area contributed by atoms with Gasteiger partial charge in [-0.15, -0.1) is 0 Å². The minimum atomic E-state index is 0.0433. The summed E-state index contributed by atoms with van der Waals surface area (Å²) in [5.41, 5.74) is 7.41. The van der Waals surface area contributed by atoms with Gasteiger partial charge in [-0.1, -0.05) is 146 Å². The molecule has 0 aliphatic heterocycles. The monoisotopic (exact) mass is 675 g/mol. The van der Waals surface area contributed by atoms with Crippen molar-refractivity contribution in [1.82, 2.24) is 0 Å². The minimum absolute atomic E-state index is 0.0433. The van der Waals surface area contributed by atoms with E-state index < -0.39 is 0 Å². The van der Waals surface area contributed by atoms with Crippen molar-refractivity contribution in [2.24, 2.45) is 0 Å². The van der Waals surface area contributed by atoms with E-state index in [0.29, 0.717) is 17.6 Å². The predicted molar refractivity (Wildman–Crippen MR) is 214 cm³/mol. The van der Waals surface area contributed by atoms with Crippen LogP contribution in [0.15, 0.2) is 24.3 Å². The summed E-state index contributed by atoms with van der Waals surface area (Å²) in [6.45, 7) is 22.5. The number of unbranched alkanes of at least 4 members (excludes halogenated alkanes) is 5. The minimum Gasteiger partial charge on any atom is -0.507 e. The Morgan fingerprint density at radius 1 is 0.633 bits per heavy atom. The second-order valence-electron chi connectivity index (χ2n) is 15.3. The van der Waals surface area contributed by atoms with E-state index in [2.05, 4.69) is 93.5 Å². The number of ketones is 1. The molecule has 1 N–H and O–H groups in total. The number of phenols is 1. The fourth-order valence-electron chi connectivity index (χ4n) is 7.69. The van der Waals surface area contributed by atoms with E-state index in [0.717, 1.165) is 117 Å². The van der Waals surface area contributed by atoms with Crippen molar-refractivity contribution in [2.75, 3.05) is 7.11 Å². The lowest BCUT2D eigenvalue weighted by molar-refractivity contribution is 0.104. The Morgan fingerprint density at radius 3 is 1.57 bits per heavy atom. The van der Waals surface area contributed by atoms with Crippen molar-refractivity contribution < 1.29 is 14.6 Å². The molecule has 0 saturated carbocycles. The van der Waals surface area contributed by atoms with Gasteiger partial charge in [-0.3, -0.25) is 4.79 Å². The molecule has 5 atom stereocenters. The van der Waals surface area contributed by atoms with E-state index in [1.165, 1.54) is 24.0 Å². The van der Waals surface area contributed by atoms with Crippen LogP contribution in [0.5, 0.6) is 11.5 Å². The fraction of sp³-hybridized carbons (Fsp3) is 0.674. The average Bonchev–Trinajstić information content (AvgIpc) is 3.10. The largest absolute Gasteiger partial charge is 0.507 e. The van der Waals surface area contributed by atoms with Crippen LogP contribution in [0.3, 0.4) is 0 Å². The zero-order valence-electron chi connectivity index (χ0n) is 33.6. The molecule has 0 heterocycles. The number of carbonyl (C=O) groups is 1. The van der Waals surface area contributed by atoms with Gasteiger partial charge in [-0.25, -0.2) is 0 Å². The van der Waals surface area contributed by atoms with Crippen molar-refractivity contribution in [3.63, 3.8) is 0 Å². The van der Waals surface area contributed by atoms with Crippen LogP contribution in [0.1, 0.15) is 239 Å². The number of carbonyl (C=O) groups excluding carboxylic acids is 1. The van der Waals surface area contributed by atoms with Crippen molar-refractivity contribution in [3.05, 3.63) is 63.2 Å². The van der Waals surface area contributed by atoms with Gasteiger partial charge in [0.1, 0.15) is 11.5 Å². The molecule has 276 valence electrons. The maximum Gasteiger partial charge on any atom is 0.186 e. The molecule has 49 heavy (non-hydrogen) atoms. The van der Waals surface area contributed by atoms with E-state index in [1.807, 2.05) is 6.08 Å². The molecule has 0 aromatic heterocycles. The Labute approximate surface area is 302 Å². The third-order valence-corrected chi connectivity index (χ3v) is 11.0. The molecule has 3 heteroatoms. The third-order valence-electron chi connectivity index (χ3n) is 11.0. The molecule has 2 aromatic carbocycles. The zero-order chi connectivity index (χ0) is 36.5. The molecular weight excluding hydrogens is 601 g/mol. The summed E-state index contributed by atoms with van der Waals surface area (Å²) in [4.78, 5) is 14.7. The lowest BCUT2D eigenvalue weighted by Crippen LogP contribution is -2.14. The van der Waals surface area contributed by atoms with E-state index in [4.69, 9.17) is 4.74 Å². The van der Waals surface area contributed by atoms with E-state index in [1.54, 1.807) is 7.11 Å². The van der Waals surface area contributed by atoms with Gasteiger partial charge in [0.05, 0.1) is 7.11 Å². The highest BCUT2D eigenvalue weighted by molar-refractivity contribution is 6.08. The Bertz CT molecular complexity index is 1300. The molecule has 0 spiro atoms. The Hall–Kier alpha value is -2.55. The van der Waals surface area contributed by atoms with Crippen LogP contribution >= 0.6 is 0 Å². The molecule has 0 aliphatic rings. The van der Waals surface area contributed by atoms with Gasteiger partial charge >= 0.3 is 0 Å². The standard InChI is InChI=1S/C46H74O3/c1-12-17-22-32(6)38-29-37(43(42(30-38)49-11)34(8)24-19-14-3)27-28-41(47)40-31-39(33(7)23-18-13-2)46(48)45(36(10)26-21-16-5)44(40)35(9)25-20-15-4/h27-36,48H,12-26H2,1-11H3/b28-27+. The van der Waals surface area contributed by atoms with Crippen LogP contribution in [0, 0.1) is 0 Å². The third kappa shape index (κ3) is 12.0. The topological polar surface area (TPSA) is 46.5 Å². The number of ether oxygens (including phenoxy) is 1. The molecule has 3 nitrogen and oxygen atoms in total. The quantitative estimate of drug-likeness (QED) is 0.0890. The average molecular weight is 675 g/mol. The number of aromatic hydroxyl groups is 1. The van der Waals surface area contributed by atoms with Gasteiger partial charge in [0.25, 0.3) is 0 Å². The Morgan fingerprint density at radius 2 is 1.08 bits per heavy atom.